The minimum atomic E-state index is -0.553. The molecule has 10 heteroatoms. The first-order valence-corrected chi connectivity index (χ1v) is 14.0. The van der Waals surface area contributed by atoms with E-state index in [9.17, 15) is 14.7 Å². The number of rotatable bonds is 7. The van der Waals surface area contributed by atoms with Crippen molar-refractivity contribution in [3.63, 3.8) is 0 Å². The van der Waals surface area contributed by atoms with Gasteiger partial charge in [-0.15, -0.1) is 0 Å². The lowest BCUT2D eigenvalue weighted by molar-refractivity contribution is -0.125. The van der Waals surface area contributed by atoms with Crippen molar-refractivity contribution in [3.8, 4) is 5.75 Å². The number of fused-ring (bicyclic) bond motifs is 1. The SMILES string of the molecule is COc1cc(C(=O)NC[C@@H]2CC[C@@H](O)C2)ccc1Nc1ncc2c(n1)N(C1CCCC1)CC(C)(C)C(=O)N2C. The minimum absolute atomic E-state index is 0.0493. The Bertz CT molecular complexity index is 1230. The highest BCUT2D eigenvalue weighted by atomic mass is 16.5. The summed E-state index contributed by atoms with van der Waals surface area (Å²) in [5.74, 6) is 1.83. The summed E-state index contributed by atoms with van der Waals surface area (Å²) in [6.45, 7) is 5.13. The van der Waals surface area contributed by atoms with Crippen LogP contribution in [-0.4, -0.2) is 66.3 Å². The largest absolute Gasteiger partial charge is 0.495 e. The van der Waals surface area contributed by atoms with Gasteiger partial charge in [0, 0.05) is 31.7 Å². The number of aliphatic hydroxyl groups excluding tert-OH is 1. The lowest BCUT2D eigenvalue weighted by Gasteiger charge is -2.34. The zero-order valence-corrected chi connectivity index (χ0v) is 23.4. The van der Waals surface area contributed by atoms with E-state index in [4.69, 9.17) is 9.72 Å². The molecule has 0 spiro atoms. The summed E-state index contributed by atoms with van der Waals surface area (Å²) < 4.78 is 5.60. The van der Waals surface area contributed by atoms with E-state index in [0.717, 1.165) is 37.9 Å². The van der Waals surface area contributed by atoms with Gasteiger partial charge >= 0.3 is 0 Å². The summed E-state index contributed by atoms with van der Waals surface area (Å²) in [4.78, 5) is 39.4. The molecule has 1 aliphatic heterocycles. The Balaban J connectivity index is 1.37. The monoisotopic (exact) mass is 536 g/mol. The first kappa shape index (κ1) is 27.2. The maximum absolute atomic E-state index is 13.2. The van der Waals surface area contributed by atoms with Crippen LogP contribution in [0.15, 0.2) is 24.4 Å². The van der Waals surface area contributed by atoms with Crippen LogP contribution in [0.2, 0.25) is 0 Å². The number of benzene rings is 1. The summed E-state index contributed by atoms with van der Waals surface area (Å²) in [6, 6.07) is 5.57. The minimum Gasteiger partial charge on any atom is -0.495 e. The second kappa shape index (κ2) is 11.0. The normalized spacial score (nSPS) is 22.9. The molecule has 3 N–H and O–H groups in total. The third kappa shape index (κ3) is 5.66. The number of carbonyl (C=O) groups is 2. The maximum Gasteiger partial charge on any atom is 0.251 e. The van der Waals surface area contributed by atoms with Crippen LogP contribution in [0.1, 0.15) is 69.2 Å². The van der Waals surface area contributed by atoms with Gasteiger partial charge in [0.25, 0.3) is 5.91 Å². The number of aromatic nitrogens is 2. The lowest BCUT2D eigenvalue weighted by atomic mass is 9.91. The summed E-state index contributed by atoms with van der Waals surface area (Å²) >= 11 is 0. The van der Waals surface area contributed by atoms with Crippen molar-refractivity contribution in [1.82, 2.24) is 15.3 Å². The third-order valence-electron chi connectivity index (χ3n) is 8.37. The highest BCUT2D eigenvalue weighted by Crippen LogP contribution is 2.40. The Hall–Kier alpha value is -3.40. The number of carbonyl (C=O) groups excluding carboxylic acids is 2. The van der Waals surface area contributed by atoms with Crippen LogP contribution in [0.3, 0.4) is 0 Å². The molecule has 0 bridgehead atoms. The average molecular weight is 537 g/mol. The van der Waals surface area contributed by atoms with E-state index in [1.165, 1.54) is 12.8 Å². The number of nitrogens with one attached hydrogen (secondary N) is 2. The Labute approximate surface area is 230 Å². The molecule has 1 aromatic carbocycles. The van der Waals surface area contributed by atoms with Gasteiger partial charge in [0.1, 0.15) is 11.4 Å². The molecule has 2 atom stereocenters. The van der Waals surface area contributed by atoms with E-state index in [0.29, 0.717) is 53.7 Å². The van der Waals surface area contributed by atoms with Gasteiger partial charge in [0.15, 0.2) is 5.82 Å². The molecule has 1 aromatic heterocycles. The molecule has 5 rings (SSSR count). The standard InChI is InChI=1S/C29H40N6O4/c1-29(2)17-35(20-7-5-6-8-20)25-23(34(3)27(29)38)16-31-28(33-25)32-22-12-10-19(14-24(22)39-4)26(37)30-15-18-9-11-21(36)13-18/h10,12,14,16,18,20-21,36H,5-9,11,13,15,17H2,1-4H3,(H,30,37)(H,31,32,33)/t18-,21-/m1/s1. The molecule has 10 nitrogen and oxygen atoms in total. The smallest absolute Gasteiger partial charge is 0.251 e. The van der Waals surface area contributed by atoms with Crippen LogP contribution in [0.25, 0.3) is 0 Å². The number of hydrogen-bond acceptors (Lipinski definition) is 8. The number of methoxy groups -OCH3 is 1. The Morgan fingerprint density at radius 2 is 1.97 bits per heavy atom. The zero-order chi connectivity index (χ0) is 27.7. The molecule has 3 aliphatic rings. The van der Waals surface area contributed by atoms with Crippen LogP contribution in [-0.2, 0) is 4.79 Å². The van der Waals surface area contributed by atoms with E-state index in [2.05, 4.69) is 20.5 Å². The molecule has 0 unspecified atom stereocenters. The van der Waals surface area contributed by atoms with Gasteiger partial charge in [-0.3, -0.25) is 9.59 Å². The third-order valence-corrected chi connectivity index (χ3v) is 8.37. The average Bonchev–Trinajstić information content (AvgIpc) is 3.60. The molecule has 2 amide bonds. The zero-order valence-electron chi connectivity index (χ0n) is 23.4. The van der Waals surface area contributed by atoms with E-state index in [1.54, 1.807) is 43.5 Å². The van der Waals surface area contributed by atoms with Crippen molar-refractivity contribution in [1.29, 1.82) is 0 Å². The van der Waals surface area contributed by atoms with E-state index >= 15 is 0 Å². The number of nitrogens with zero attached hydrogens (tertiary/aromatic N) is 4. The molecule has 210 valence electrons. The highest BCUT2D eigenvalue weighted by molar-refractivity contribution is 6.01. The van der Waals surface area contributed by atoms with Crippen LogP contribution in [0, 0.1) is 11.3 Å². The van der Waals surface area contributed by atoms with Crippen molar-refractivity contribution in [2.75, 3.05) is 42.4 Å². The summed E-state index contributed by atoms with van der Waals surface area (Å²) in [6.07, 6.45) is 8.42. The number of ether oxygens (including phenoxy) is 1. The molecule has 2 aromatic rings. The van der Waals surface area contributed by atoms with Gasteiger partial charge in [-0.2, -0.15) is 4.98 Å². The fraction of sp³-hybridized carbons (Fsp3) is 0.586. The number of amides is 2. The lowest BCUT2D eigenvalue weighted by Crippen LogP contribution is -2.45. The van der Waals surface area contributed by atoms with Crippen molar-refractivity contribution in [2.24, 2.45) is 11.3 Å². The van der Waals surface area contributed by atoms with Gasteiger partial charge in [0.05, 0.1) is 30.5 Å². The van der Waals surface area contributed by atoms with Gasteiger partial charge in [-0.25, -0.2) is 4.98 Å². The second-order valence-electron chi connectivity index (χ2n) is 11.8. The van der Waals surface area contributed by atoms with Crippen LogP contribution < -0.4 is 25.2 Å². The van der Waals surface area contributed by atoms with Crippen LogP contribution >= 0.6 is 0 Å². The predicted molar refractivity (Wildman–Crippen MR) is 151 cm³/mol. The predicted octanol–water partition coefficient (Wildman–Crippen LogP) is 3.87. The van der Waals surface area contributed by atoms with Gasteiger partial charge in [-0.05, 0) is 70.1 Å². The van der Waals surface area contributed by atoms with Gasteiger partial charge in [-0.1, -0.05) is 12.8 Å². The quantitative estimate of drug-likeness (QED) is 0.488. The van der Waals surface area contributed by atoms with E-state index < -0.39 is 5.41 Å². The fourth-order valence-electron chi connectivity index (χ4n) is 6.15. The Morgan fingerprint density at radius 1 is 1.21 bits per heavy atom. The first-order valence-electron chi connectivity index (χ1n) is 14.0. The molecule has 2 heterocycles. The van der Waals surface area contributed by atoms with E-state index in [-0.39, 0.29) is 17.9 Å². The molecular weight excluding hydrogens is 496 g/mol. The molecule has 2 saturated carbocycles. The number of aliphatic hydroxyl groups is 1. The number of anilines is 4. The van der Waals surface area contributed by atoms with Gasteiger partial charge in [0.2, 0.25) is 11.9 Å². The molecule has 2 aliphatic carbocycles. The Morgan fingerprint density at radius 3 is 2.67 bits per heavy atom. The summed E-state index contributed by atoms with van der Waals surface area (Å²) in [5, 5.41) is 16.0. The topological polar surface area (TPSA) is 120 Å². The van der Waals surface area contributed by atoms with E-state index in [1.807, 2.05) is 13.8 Å². The Kier molecular flexibility index (Phi) is 7.66. The molecule has 39 heavy (non-hydrogen) atoms. The molecule has 0 radical (unpaired) electrons. The summed E-state index contributed by atoms with van der Waals surface area (Å²) in [5.41, 5.74) is 1.28. The first-order chi connectivity index (χ1) is 18.7. The van der Waals surface area contributed by atoms with Crippen molar-refractivity contribution >= 4 is 35.0 Å². The maximum atomic E-state index is 13.2. The highest BCUT2D eigenvalue weighted by Gasteiger charge is 2.41. The van der Waals surface area contributed by atoms with Crippen molar-refractivity contribution < 1.29 is 19.4 Å². The molecular formula is C29H40N6O4. The fourth-order valence-corrected chi connectivity index (χ4v) is 6.15. The van der Waals surface area contributed by atoms with Gasteiger partial charge < -0.3 is 30.3 Å². The number of hydrogen-bond donors (Lipinski definition) is 3. The van der Waals surface area contributed by atoms with Crippen molar-refractivity contribution in [2.45, 2.75) is 70.9 Å². The summed E-state index contributed by atoms with van der Waals surface area (Å²) in [7, 11) is 3.35. The van der Waals surface area contributed by atoms with Crippen LogP contribution in [0.5, 0.6) is 5.75 Å². The van der Waals surface area contributed by atoms with Crippen molar-refractivity contribution in [3.05, 3.63) is 30.0 Å². The second-order valence-corrected chi connectivity index (χ2v) is 11.8. The molecule has 0 saturated heterocycles. The van der Waals surface area contributed by atoms with Crippen LogP contribution in [0.4, 0.5) is 23.1 Å². The molecule has 2 fully saturated rings.